The molecule has 3 rings (SSSR count). The van der Waals surface area contributed by atoms with Crippen LogP contribution in [0.2, 0.25) is 0 Å². The van der Waals surface area contributed by atoms with E-state index in [9.17, 15) is 29.1 Å². The molecule has 2 aromatic heterocycles. The zero-order valence-corrected chi connectivity index (χ0v) is 38.8. The van der Waals surface area contributed by atoms with Crippen LogP contribution in [0.4, 0.5) is 11.6 Å². The van der Waals surface area contributed by atoms with E-state index in [2.05, 4.69) is 45.9 Å². The number of carboxylic acids is 1. The van der Waals surface area contributed by atoms with E-state index in [1.54, 1.807) is 12.1 Å². The van der Waals surface area contributed by atoms with Crippen LogP contribution in [0.15, 0.2) is 40.4 Å². The molecule has 26 nitrogen and oxygen atoms in total. The molecule has 382 valence electrons. The molecule has 0 saturated carbocycles. The van der Waals surface area contributed by atoms with Gasteiger partial charge in [0.25, 0.3) is 11.5 Å². The molecule has 3 aromatic rings. The Morgan fingerprint density at radius 3 is 1.77 bits per heavy atom. The average molecular weight is 976 g/mol. The number of H-pyrrole nitrogens is 1. The minimum atomic E-state index is -1.28. The first-order valence-electron chi connectivity index (χ1n) is 22.5. The Balaban J connectivity index is 1.06. The van der Waals surface area contributed by atoms with Gasteiger partial charge in [-0.3, -0.25) is 24.2 Å². The van der Waals surface area contributed by atoms with Gasteiger partial charge in [0.2, 0.25) is 11.9 Å². The molecule has 0 aliphatic heterocycles. The lowest BCUT2D eigenvalue weighted by molar-refractivity contribution is -0.139. The second-order valence-corrected chi connectivity index (χ2v) is 14.5. The van der Waals surface area contributed by atoms with Crippen molar-refractivity contribution in [3.05, 3.63) is 62.5 Å². The number of anilines is 2. The number of carboxylic acid groups (broad SMARTS) is 1. The molecule has 7 N–H and O–H groups in total. The average Bonchev–Trinajstić information content (AvgIpc) is 3.34. The number of azide groups is 1. The van der Waals surface area contributed by atoms with Crippen LogP contribution in [-0.2, 0) is 63.6 Å². The topological polar surface area (TPSA) is 354 Å². The van der Waals surface area contributed by atoms with Crippen molar-refractivity contribution >= 4 is 46.4 Å². The van der Waals surface area contributed by atoms with Gasteiger partial charge in [0, 0.05) is 48.5 Å². The summed E-state index contributed by atoms with van der Waals surface area (Å²) in [5.74, 6) is -2.37. The number of nitrogens with two attached hydrogens (primary N) is 1. The number of nitrogen functional groups attached to an aromatic ring is 1. The number of hydrogen-bond acceptors (Lipinski definition) is 20. The van der Waals surface area contributed by atoms with E-state index in [-0.39, 0.29) is 79.7 Å². The van der Waals surface area contributed by atoms with E-state index in [4.69, 9.17) is 53.9 Å². The fraction of sp³-hybridized carbons (Fsp3) is 0.628. The van der Waals surface area contributed by atoms with Crippen molar-refractivity contribution in [2.24, 2.45) is 5.11 Å². The third-order valence-electron chi connectivity index (χ3n) is 9.23. The zero-order chi connectivity index (χ0) is 49.6. The number of carbonyl (C=O) groups is 4. The van der Waals surface area contributed by atoms with Gasteiger partial charge in [0.05, 0.1) is 137 Å². The van der Waals surface area contributed by atoms with Gasteiger partial charge >= 0.3 is 5.97 Å². The fourth-order valence-corrected chi connectivity index (χ4v) is 5.70. The maximum atomic E-state index is 12.8. The Morgan fingerprint density at radius 2 is 1.25 bits per heavy atom. The number of aliphatic carboxylic acids is 1. The zero-order valence-electron chi connectivity index (χ0n) is 38.8. The molecule has 1 aromatic carbocycles. The van der Waals surface area contributed by atoms with Gasteiger partial charge in [-0.2, -0.15) is 4.98 Å². The largest absolute Gasteiger partial charge is 0.480 e. The Hall–Kier alpha value is -5.93. The highest BCUT2D eigenvalue weighted by Crippen LogP contribution is 2.13. The second kappa shape index (κ2) is 37.0. The van der Waals surface area contributed by atoms with Gasteiger partial charge in [-0.25, -0.2) is 14.8 Å². The lowest BCUT2D eigenvalue weighted by Crippen LogP contribution is -2.41. The first kappa shape index (κ1) is 57.4. The number of hydrogen-bond donors (Lipinski definition) is 6. The predicted octanol–water partition coefficient (Wildman–Crippen LogP) is 1.19. The van der Waals surface area contributed by atoms with Crippen molar-refractivity contribution < 1.29 is 66.9 Å². The predicted molar refractivity (Wildman–Crippen MR) is 248 cm³/mol. The summed E-state index contributed by atoms with van der Waals surface area (Å²) in [4.78, 5) is 78.7. The summed E-state index contributed by atoms with van der Waals surface area (Å²) in [6.45, 7) is 8.14. The van der Waals surface area contributed by atoms with Crippen LogP contribution >= 0.6 is 0 Å². The van der Waals surface area contributed by atoms with Gasteiger partial charge < -0.3 is 69.4 Å². The normalized spacial score (nSPS) is 11.5. The van der Waals surface area contributed by atoms with Gasteiger partial charge in [0.15, 0.2) is 11.2 Å². The number of aromatic amines is 1. The summed E-state index contributed by atoms with van der Waals surface area (Å²) in [6.07, 6.45) is 1.95. The highest BCUT2D eigenvalue weighted by Gasteiger charge is 2.22. The van der Waals surface area contributed by atoms with Crippen molar-refractivity contribution in [3.63, 3.8) is 0 Å². The van der Waals surface area contributed by atoms with Gasteiger partial charge in [-0.05, 0) is 42.6 Å². The Labute approximate surface area is 398 Å². The smallest absolute Gasteiger partial charge is 0.326 e. The summed E-state index contributed by atoms with van der Waals surface area (Å²) >= 11 is 0. The third kappa shape index (κ3) is 27.6. The van der Waals surface area contributed by atoms with Crippen LogP contribution in [0.25, 0.3) is 21.6 Å². The molecule has 0 saturated heterocycles. The number of benzene rings is 1. The number of Topliss-reactive ketones (excluding diaryl/α,β-unsaturated/α-hetero) is 1. The molecule has 1 atom stereocenters. The highest BCUT2D eigenvalue weighted by molar-refractivity contribution is 5.97. The molecule has 2 amide bonds. The number of nitrogens with one attached hydrogen (secondary N) is 4. The molecule has 2 heterocycles. The number of amides is 2. The molecule has 69 heavy (non-hydrogen) atoms. The first-order valence-corrected chi connectivity index (χ1v) is 22.5. The number of ketones is 1. The van der Waals surface area contributed by atoms with Crippen LogP contribution in [-0.4, -0.2) is 187 Å². The molecular formula is C43H65N11O15. The van der Waals surface area contributed by atoms with Crippen LogP contribution in [0.3, 0.4) is 0 Å². The quantitative estimate of drug-likeness (QED) is 0.0201. The maximum absolute atomic E-state index is 12.8. The Morgan fingerprint density at radius 1 is 0.725 bits per heavy atom. The third-order valence-corrected chi connectivity index (χ3v) is 9.23. The van der Waals surface area contributed by atoms with E-state index in [0.29, 0.717) is 137 Å². The molecule has 0 unspecified atom stereocenters. The van der Waals surface area contributed by atoms with Crippen molar-refractivity contribution in [1.82, 2.24) is 30.6 Å². The van der Waals surface area contributed by atoms with Crippen molar-refractivity contribution in [2.45, 2.75) is 44.7 Å². The standard InChI is InChI=1S/C43H65N11O15/c44-43-52-39-38(41(58)53-43)50-34(31-48-39)30-47-33-5-3-32(4-6-33)40(57)51-36(42(59)60)8-7-35(55)2-1-10-46-37(56)9-12-61-14-16-63-18-20-65-22-24-67-26-28-69-29-27-68-25-23-66-21-19-64-17-15-62-13-11-49-54-45/h3-6,31,36,47H,1-2,7-30H2,(H,46,56)(H,51,57)(H,59,60)(H3,44,48,52,53,58)/t36-/m0/s1. The van der Waals surface area contributed by atoms with Gasteiger partial charge in [0.1, 0.15) is 11.8 Å². The highest BCUT2D eigenvalue weighted by atomic mass is 16.6. The lowest BCUT2D eigenvalue weighted by atomic mass is 10.1. The van der Waals surface area contributed by atoms with Crippen LogP contribution < -0.4 is 27.2 Å². The first-order chi connectivity index (χ1) is 33.7. The molecule has 0 aliphatic carbocycles. The number of nitrogens with zero attached hydrogens (tertiary/aromatic N) is 6. The molecule has 0 spiro atoms. The molecule has 26 heteroatoms. The summed E-state index contributed by atoms with van der Waals surface area (Å²) in [7, 11) is 0. The molecule has 0 radical (unpaired) electrons. The number of aromatic nitrogens is 4. The Bertz CT molecular complexity index is 2040. The summed E-state index contributed by atoms with van der Waals surface area (Å²) in [5, 5.41) is 21.3. The van der Waals surface area contributed by atoms with E-state index in [1.807, 2.05) is 0 Å². The molecule has 0 bridgehead atoms. The van der Waals surface area contributed by atoms with Crippen LogP contribution in [0.5, 0.6) is 0 Å². The monoisotopic (exact) mass is 975 g/mol. The SMILES string of the molecule is [N-]=[N+]=NCCOCCOCCOCCOCCOCCOCCOCCOCCOCCC(=O)NCCCC(=O)CC[C@H](NC(=O)c1ccc(NCc2cnc3nc(N)[nH]c(=O)c3n2)cc1)C(=O)O. The molecular weight excluding hydrogens is 911 g/mol. The van der Waals surface area contributed by atoms with E-state index < -0.39 is 23.5 Å². The summed E-state index contributed by atoms with van der Waals surface area (Å²) < 4.78 is 48.8. The number of carbonyl (C=O) groups excluding carboxylic acids is 3. The molecule has 0 aliphatic rings. The number of rotatable bonds is 43. The minimum Gasteiger partial charge on any atom is -0.480 e. The number of ether oxygens (including phenoxy) is 9. The molecule has 0 fully saturated rings. The second-order valence-electron chi connectivity index (χ2n) is 14.5. The van der Waals surface area contributed by atoms with Crippen LogP contribution in [0, 0.1) is 0 Å². The summed E-state index contributed by atoms with van der Waals surface area (Å²) in [6, 6.07) is 5.00. The van der Waals surface area contributed by atoms with Crippen molar-refractivity contribution in [3.8, 4) is 0 Å². The van der Waals surface area contributed by atoms with Crippen molar-refractivity contribution in [2.75, 3.05) is 143 Å². The van der Waals surface area contributed by atoms with Crippen molar-refractivity contribution in [1.29, 1.82) is 0 Å². The van der Waals surface area contributed by atoms with E-state index in [0.717, 1.165) is 0 Å². The fourth-order valence-electron chi connectivity index (χ4n) is 5.70. The maximum Gasteiger partial charge on any atom is 0.326 e. The minimum absolute atomic E-state index is 0.0460. The summed E-state index contributed by atoms with van der Waals surface area (Å²) in [5.41, 5.74) is 14.7. The number of fused-ring (bicyclic) bond motifs is 1. The lowest BCUT2D eigenvalue weighted by Gasteiger charge is -2.14. The van der Waals surface area contributed by atoms with Gasteiger partial charge in [-0.1, -0.05) is 5.11 Å². The van der Waals surface area contributed by atoms with E-state index >= 15 is 0 Å². The van der Waals surface area contributed by atoms with Gasteiger partial charge in [-0.15, -0.1) is 0 Å². The Kier molecular flexibility index (Phi) is 30.8. The van der Waals surface area contributed by atoms with Crippen LogP contribution in [0.1, 0.15) is 48.2 Å². The van der Waals surface area contributed by atoms with E-state index in [1.165, 1.54) is 18.3 Å².